The van der Waals surface area contributed by atoms with E-state index in [0.29, 0.717) is 67.9 Å². The van der Waals surface area contributed by atoms with Gasteiger partial charge in [0.05, 0.1) is 27.4 Å². The minimum absolute atomic E-state index is 0.0581. The number of amides is 1. The van der Waals surface area contributed by atoms with Gasteiger partial charge in [0.25, 0.3) is 0 Å². The number of nitrogens with one attached hydrogen (secondary N) is 2. The van der Waals surface area contributed by atoms with Crippen molar-refractivity contribution < 1.29 is 37.3 Å². The fourth-order valence-corrected chi connectivity index (χ4v) is 10.3. The number of fused-ring (bicyclic) bond motifs is 2. The molecule has 1 amide bonds. The molecular formula is C51H45Cl2N5O8S. The fourth-order valence-electron chi connectivity index (χ4n) is 8.23. The Kier molecular flexibility index (Phi) is 13.1. The number of carbonyl (C=O) groups is 2. The summed E-state index contributed by atoms with van der Waals surface area (Å²) in [6.07, 6.45) is 1.66. The predicted molar refractivity (Wildman–Crippen MR) is 253 cm³/mol. The minimum Gasteiger partial charge on any atom is -0.489 e. The molecule has 1 saturated carbocycles. The third-order valence-corrected chi connectivity index (χ3v) is 14.9. The van der Waals surface area contributed by atoms with Gasteiger partial charge in [-0.15, -0.1) is 0 Å². The van der Waals surface area contributed by atoms with Crippen LogP contribution in [0, 0.1) is 24.2 Å². The van der Waals surface area contributed by atoms with Crippen LogP contribution in [-0.2, 0) is 45.6 Å². The molecule has 1 fully saturated rings. The SMILES string of the molecule is Cc1nc(NCC2CC2)ccc1S(=O)(=O)N1Cc2cc3c(cc2C[C@H]1C(=O)N[C@@H](Cc1ccc(-c2ccc(C#N)cc2)cc1)C(=O)O)OC[C@H](c1ccc(OCc2ccc(Cl)c(Cl)c2)cc1)O3. The predicted octanol–water partition coefficient (Wildman–Crippen LogP) is 9.08. The quantitative estimate of drug-likeness (QED) is 0.0894. The molecule has 0 bridgehead atoms. The van der Waals surface area contributed by atoms with Gasteiger partial charge in [-0.1, -0.05) is 77.8 Å². The summed E-state index contributed by atoms with van der Waals surface area (Å²) in [6.45, 7) is 2.63. The number of nitriles is 1. The lowest BCUT2D eigenvalue weighted by molar-refractivity contribution is -0.142. The van der Waals surface area contributed by atoms with Gasteiger partial charge in [-0.2, -0.15) is 9.57 Å². The first-order valence-electron chi connectivity index (χ1n) is 21.8. The van der Waals surface area contributed by atoms with E-state index in [9.17, 15) is 23.1 Å². The molecule has 342 valence electrons. The molecule has 5 aromatic carbocycles. The molecule has 9 rings (SSSR count). The lowest BCUT2D eigenvalue weighted by Gasteiger charge is -2.37. The number of rotatable bonds is 15. The molecule has 3 aliphatic rings. The Balaban J connectivity index is 0.949. The summed E-state index contributed by atoms with van der Waals surface area (Å²) in [4.78, 5) is 31.7. The van der Waals surface area contributed by atoms with Crippen molar-refractivity contribution in [1.82, 2.24) is 14.6 Å². The second-order valence-electron chi connectivity index (χ2n) is 17.0. The van der Waals surface area contributed by atoms with Gasteiger partial charge in [0.15, 0.2) is 17.6 Å². The number of ether oxygens (including phenoxy) is 3. The van der Waals surface area contributed by atoms with Gasteiger partial charge in [0.1, 0.15) is 41.8 Å². The Morgan fingerprint density at radius 3 is 2.27 bits per heavy atom. The zero-order chi connectivity index (χ0) is 46.8. The highest BCUT2D eigenvalue weighted by Gasteiger charge is 2.42. The number of carboxylic acid groups (broad SMARTS) is 1. The van der Waals surface area contributed by atoms with Crippen molar-refractivity contribution in [3.8, 4) is 34.4 Å². The molecule has 0 saturated heterocycles. The summed E-state index contributed by atoms with van der Waals surface area (Å²) in [6, 6.07) is 33.2. The molecule has 1 aliphatic carbocycles. The van der Waals surface area contributed by atoms with Gasteiger partial charge in [-0.05, 0) is 132 Å². The second kappa shape index (κ2) is 19.3. The number of aliphatic carboxylic acids is 1. The number of benzene rings is 5. The molecular weight excluding hydrogens is 914 g/mol. The van der Waals surface area contributed by atoms with Gasteiger partial charge in [-0.25, -0.2) is 18.2 Å². The highest BCUT2D eigenvalue weighted by atomic mass is 35.5. The second-order valence-corrected chi connectivity index (χ2v) is 19.6. The lowest BCUT2D eigenvalue weighted by atomic mass is 9.93. The first-order valence-corrected chi connectivity index (χ1v) is 24.0. The first-order chi connectivity index (χ1) is 32.3. The number of carboxylic acids is 1. The molecule has 1 aromatic heterocycles. The van der Waals surface area contributed by atoms with Crippen molar-refractivity contribution in [2.75, 3.05) is 18.5 Å². The number of pyridine rings is 1. The van der Waals surface area contributed by atoms with E-state index in [-0.39, 0.29) is 36.6 Å². The van der Waals surface area contributed by atoms with Gasteiger partial charge in [0.2, 0.25) is 15.9 Å². The number of aryl methyl sites for hydroxylation is 1. The number of nitrogens with zero attached hydrogens (tertiary/aromatic N) is 3. The molecule has 2 aliphatic heterocycles. The highest BCUT2D eigenvalue weighted by Crippen LogP contribution is 2.42. The molecule has 3 N–H and O–H groups in total. The maximum absolute atomic E-state index is 14.8. The van der Waals surface area contributed by atoms with E-state index in [1.54, 1.807) is 61.5 Å². The zero-order valence-electron chi connectivity index (χ0n) is 36.2. The number of anilines is 1. The van der Waals surface area contributed by atoms with E-state index >= 15 is 0 Å². The normalized spacial score (nSPS) is 17.1. The van der Waals surface area contributed by atoms with Crippen LogP contribution in [0.25, 0.3) is 11.1 Å². The Hall–Kier alpha value is -6.63. The third-order valence-electron chi connectivity index (χ3n) is 12.2. The summed E-state index contributed by atoms with van der Waals surface area (Å²) >= 11 is 12.2. The average Bonchev–Trinajstić information content (AvgIpc) is 4.17. The molecule has 16 heteroatoms. The largest absolute Gasteiger partial charge is 0.489 e. The Labute approximate surface area is 398 Å². The molecule has 0 unspecified atom stereocenters. The number of hydrogen-bond donors (Lipinski definition) is 3. The minimum atomic E-state index is -4.40. The maximum atomic E-state index is 14.8. The van der Waals surface area contributed by atoms with Crippen LogP contribution in [0.15, 0.2) is 120 Å². The number of hydrogen-bond acceptors (Lipinski definition) is 10. The third kappa shape index (κ3) is 10.4. The van der Waals surface area contributed by atoms with Crippen molar-refractivity contribution in [2.45, 2.75) is 68.8 Å². The molecule has 3 atom stereocenters. The Bertz CT molecular complexity index is 3000. The standard InChI is InChI=1S/C51H45Cl2N5O8S/c1-30-48(18-19-49(56-30)55-26-33-2-3-33)67(62,63)58-27-39-24-46-45(65-29-47(66-46)37-13-15-40(16-14-37)64-28-34-8-17-41(52)42(53)20-34)23-38(39)22-44(58)50(59)57-43(51(60)61)21-31-4-9-35(10-5-31)36-11-6-32(25-54)7-12-36/h4-20,23-24,33,43-44,47H,2-3,21-22,26-29H2,1H3,(H,55,56)(H,57,59)(H,60,61)/t43-,44-,47+/m0/s1. The van der Waals surface area contributed by atoms with Crippen molar-refractivity contribution in [2.24, 2.45) is 5.92 Å². The average molecular weight is 959 g/mol. The number of sulfonamides is 1. The molecule has 6 aromatic rings. The summed E-state index contributed by atoms with van der Waals surface area (Å²) in [5.41, 5.74) is 6.16. The molecule has 3 heterocycles. The zero-order valence-corrected chi connectivity index (χ0v) is 38.6. The van der Waals surface area contributed by atoms with Crippen molar-refractivity contribution in [3.63, 3.8) is 0 Å². The number of carbonyl (C=O) groups excluding carboxylic acids is 1. The van der Waals surface area contributed by atoms with Gasteiger partial charge >= 0.3 is 5.97 Å². The summed E-state index contributed by atoms with van der Waals surface area (Å²) in [5, 5.41) is 26.4. The van der Waals surface area contributed by atoms with Gasteiger partial charge in [-0.3, -0.25) is 4.79 Å². The molecule has 0 radical (unpaired) electrons. The smallest absolute Gasteiger partial charge is 0.326 e. The van der Waals surface area contributed by atoms with Crippen LogP contribution in [-0.4, -0.2) is 59.9 Å². The fraction of sp³-hybridized carbons (Fsp3) is 0.255. The Morgan fingerprint density at radius 2 is 1.60 bits per heavy atom. The molecule has 13 nitrogen and oxygen atoms in total. The van der Waals surface area contributed by atoms with Crippen LogP contribution in [0.4, 0.5) is 5.82 Å². The summed E-state index contributed by atoms with van der Waals surface area (Å²) in [5.74, 6) is 0.584. The van der Waals surface area contributed by atoms with Crippen LogP contribution in [0.2, 0.25) is 10.0 Å². The van der Waals surface area contributed by atoms with E-state index in [1.165, 1.54) is 6.07 Å². The maximum Gasteiger partial charge on any atom is 0.326 e. The van der Waals surface area contributed by atoms with Crippen LogP contribution < -0.4 is 24.8 Å². The van der Waals surface area contributed by atoms with Gasteiger partial charge < -0.3 is 30.0 Å². The van der Waals surface area contributed by atoms with E-state index in [0.717, 1.165) is 45.9 Å². The summed E-state index contributed by atoms with van der Waals surface area (Å²) < 4.78 is 49.4. The van der Waals surface area contributed by atoms with Crippen LogP contribution >= 0.6 is 23.2 Å². The van der Waals surface area contributed by atoms with Gasteiger partial charge in [0, 0.05) is 19.5 Å². The lowest BCUT2D eigenvalue weighted by Crippen LogP contribution is -2.55. The van der Waals surface area contributed by atoms with Crippen molar-refractivity contribution in [3.05, 3.63) is 164 Å². The molecule has 0 spiro atoms. The van der Waals surface area contributed by atoms with Crippen molar-refractivity contribution in [1.29, 1.82) is 5.26 Å². The highest BCUT2D eigenvalue weighted by molar-refractivity contribution is 7.89. The van der Waals surface area contributed by atoms with E-state index in [1.807, 2.05) is 54.6 Å². The monoisotopic (exact) mass is 957 g/mol. The summed E-state index contributed by atoms with van der Waals surface area (Å²) in [7, 11) is -4.40. The first kappa shape index (κ1) is 45.5. The van der Waals surface area contributed by atoms with Crippen LogP contribution in [0.1, 0.15) is 58.0 Å². The molecule has 67 heavy (non-hydrogen) atoms. The van der Waals surface area contributed by atoms with Crippen LogP contribution in [0.5, 0.6) is 17.2 Å². The van der Waals surface area contributed by atoms with E-state index in [2.05, 4.69) is 21.7 Å². The van der Waals surface area contributed by atoms with Crippen molar-refractivity contribution >= 4 is 50.9 Å². The van der Waals surface area contributed by atoms with E-state index < -0.39 is 40.1 Å². The number of aromatic nitrogens is 1. The Morgan fingerprint density at radius 1 is 0.896 bits per heavy atom. The van der Waals surface area contributed by atoms with E-state index in [4.69, 9.17) is 42.7 Å². The number of halogens is 2. The topological polar surface area (TPSA) is 180 Å². The van der Waals surface area contributed by atoms with Crippen LogP contribution in [0.3, 0.4) is 0 Å².